The zero-order valence-corrected chi connectivity index (χ0v) is 16.5. The van der Waals surface area contributed by atoms with Gasteiger partial charge in [-0.3, -0.25) is 9.59 Å². The van der Waals surface area contributed by atoms with E-state index in [0.717, 1.165) is 17.4 Å². The highest BCUT2D eigenvalue weighted by molar-refractivity contribution is 6.30. The standard InChI is InChI=1S/C20H21ClN4O3/c1-12-4-3-9-24(10-12)18(26)15-11-23(2)17-16(15)22-20(28)25(19(17)27)14-7-5-13(21)6-8-14/h5-8,11-12H,3-4,9-10H2,1-2H3,(H,22,28)/t12-/m0/s1. The van der Waals surface area contributed by atoms with E-state index in [1.807, 2.05) is 0 Å². The number of fused-ring (bicyclic) bond motifs is 1. The Kier molecular flexibility index (Phi) is 4.63. The quantitative estimate of drug-likeness (QED) is 0.717. The second-order valence-electron chi connectivity index (χ2n) is 7.42. The van der Waals surface area contributed by atoms with E-state index in [2.05, 4.69) is 11.9 Å². The van der Waals surface area contributed by atoms with E-state index < -0.39 is 11.2 Å². The Bertz CT molecular complexity index is 1170. The fourth-order valence-corrected chi connectivity index (χ4v) is 4.03. The SMILES string of the molecule is C[C@H]1CCCN(C(=O)c2cn(C)c3c(=O)n(-c4ccc(Cl)cc4)c(=O)[nH]c23)C1. The van der Waals surface area contributed by atoms with E-state index in [9.17, 15) is 14.4 Å². The summed E-state index contributed by atoms with van der Waals surface area (Å²) in [4.78, 5) is 43.4. The summed E-state index contributed by atoms with van der Waals surface area (Å²) in [5.74, 6) is 0.283. The second-order valence-corrected chi connectivity index (χ2v) is 7.86. The van der Waals surface area contributed by atoms with Gasteiger partial charge >= 0.3 is 5.69 Å². The maximum Gasteiger partial charge on any atom is 0.333 e. The highest BCUT2D eigenvalue weighted by atomic mass is 35.5. The summed E-state index contributed by atoms with van der Waals surface area (Å²) in [6, 6.07) is 6.44. The fourth-order valence-electron chi connectivity index (χ4n) is 3.90. The molecule has 0 radical (unpaired) electrons. The van der Waals surface area contributed by atoms with Gasteiger partial charge in [0.25, 0.3) is 11.5 Å². The van der Waals surface area contributed by atoms with Crippen LogP contribution in [0.4, 0.5) is 0 Å². The van der Waals surface area contributed by atoms with Crippen LogP contribution in [0.3, 0.4) is 0 Å². The Hall–Kier alpha value is -2.80. The van der Waals surface area contributed by atoms with E-state index in [1.54, 1.807) is 47.0 Å². The molecule has 4 rings (SSSR count). The molecule has 1 N–H and O–H groups in total. The van der Waals surface area contributed by atoms with E-state index in [1.165, 1.54) is 0 Å². The molecule has 146 valence electrons. The number of nitrogens with zero attached hydrogens (tertiary/aromatic N) is 3. The molecule has 1 fully saturated rings. The number of amides is 1. The normalized spacial score (nSPS) is 17.2. The van der Waals surface area contributed by atoms with Crippen molar-refractivity contribution >= 4 is 28.5 Å². The summed E-state index contributed by atoms with van der Waals surface area (Å²) in [6.45, 7) is 3.49. The molecule has 1 aliphatic rings. The summed E-state index contributed by atoms with van der Waals surface area (Å²) in [5, 5.41) is 0.511. The van der Waals surface area contributed by atoms with Crippen molar-refractivity contribution in [1.82, 2.24) is 19.0 Å². The first-order valence-corrected chi connectivity index (χ1v) is 9.64. The first-order chi connectivity index (χ1) is 13.4. The third kappa shape index (κ3) is 3.05. The smallest absolute Gasteiger partial charge is 0.333 e. The number of carbonyl (C=O) groups is 1. The van der Waals surface area contributed by atoms with Gasteiger partial charge in [0.1, 0.15) is 5.52 Å². The Labute approximate surface area is 166 Å². The molecule has 28 heavy (non-hydrogen) atoms. The molecule has 1 aromatic carbocycles. The summed E-state index contributed by atoms with van der Waals surface area (Å²) < 4.78 is 2.65. The average molecular weight is 401 g/mol. The Morgan fingerprint density at radius 3 is 2.61 bits per heavy atom. The third-order valence-electron chi connectivity index (χ3n) is 5.28. The number of hydrogen-bond donors (Lipinski definition) is 1. The molecule has 3 heterocycles. The molecule has 1 amide bonds. The van der Waals surface area contributed by atoms with Crippen LogP contribution in [-0.4, -0.2) is 38.0 Å². The van der Waals surface area contributed by atoms with Crippen LogP contribution in [0, 0.1) is 5.92 Å². The number of nitrogens with one attached hydrogen (secondary N) is 1. The van der Waals surface area contributed by atoms with Gasteiger partial charge in [-0.05, 0) is 43.0 Å². The maximum atomic E-state index is 13.1. The number of aryl methyl sites for hydroxylation is 1. The Balaban J connectivity index is 1.86. The average Bonchev–Trinajstić information content (AvgIpc) is 2.99. The minimum absolute atomic E-state index is 0.156. The molecule has 2 aromatic heterocycles. The summed E-state index contributed by atoms with van der Waals surface area (Å²) >= 11 is 5.90. The van der Waals surface area contributed by atoms with E-state index >= 15 is 0 Å². The van der Waals surface area contributed by atoms with Crippen LogP contribution in [0.25, 0.3) is 16.7 Å². The van der Waals surface area contributed by atoms with Gasteiger partial charge in [0, 0.05) is 31.4 Å². The molecule has 1 saturated heterocycles. The number of halogens is 1. The van der Waals surface area contributed by atoms with Crippen LogP contribution in [0.15, 0.2) is 40.1 Å². The molecule has 1 atom stereocenters. The molecule has 0 bridgehead atoms. The van der Waals surface area contributed by atoms with Crippen LogP contribution >= 0.6 is 11.6 Å². The van der Waals surface area contributed by atoms with Gasteiger partial charge in [-0.2, -0.15) is 0 Å². The van der Waals surface area contributed by atoms with Crippen LogP contribution in [-0.2, 0) is 7.05 Å². The topological polar surface area (TPSA) is 80.1 Å². The van der Waals surface area contributed by atoms with Gasteiger partial charge < -0.3 is 14.5 Å². The Morgan fingerprint density at radius 1 is 1.21 bits per heavy atom. The molecule has 0 unspecified atom stereocenters. The third-order valence-corrected chi connectivity index (χ3v) is 5.53. The highest BCUT2D eigenvalue weighted by Gasteiger charge is 2.26. The monoisotopic (exact) mass is 400 g/mol. The zero-order chi connectivity index (χ0) is 20.0. The number of rotatable bonds is 2. The number of benzene rings is 1. The largest absolute Gasteiger partial charge is 0.344 e. The molecule has 0 saturated carbocycles. The van der Waals surface area contributed by atoms with Crippen molar-refractivity contribution in [3.8, 4) is 5.69 Å². The number of hydrogen-bond acceptors (Lipinski definition) is 3. The molecular weight excluding hydrogens is 380 g/mol. The lowest BCUT2D eigenvalue weighted by Gasteiger charge is -2.30. The summed E-state index contributed by atoms with van der Waals surface area (Å²) in [6.07, 6.45) is 3.68. The van der Waals surface area contributed by atoms with Gasteiger partial charge in [0.2, 0.25) is 0 Å². The Morgan fingerprint density at radius 2 is 1.93 bits per heavy atom. The molecular formula is C20H21ClN4O3. The van der Waals surface area contributed by atoms with E-state index in [-0.39, 0.29) is 16.9 Å². The maximum absolute atomic E-state index is 13.1. The zero-order valence-electron chi connectivity index (χ0n) is 15.7. The number of likely N-dealkylation sites (tertiary alicyclic amines) is 1. The summed E-state index contributed by atoms with van der Waals surface area (Å²) in [5.41, 5.74) is 0.260. The van der Waals surface area contributed by atoms with Crippen LogP contribution in [0.2, 0.25) is 5.02 Å². The number of carbonyl (C=O) groups excluding carboxylic acids is 1. The number of aromatic nitrogens is 3. The minimum atomic E-state index is -0.591. The van der Waals surface area contributed by atoms with Gasteiger partial charge in [-0.25, -0.2) is 9.36 Å². The van der Waals surface area contributed by atoms with E-state index in [4.69, 9.17) is 11.6 Å². The van der Waals surface area contributed by atoms with Crippen LogP contribution < -0.4 is 11.2 Å². The van der Waals surface area contributed by atoms with Crippen molar-refractivity contribution in [3.05, 3.63) is 61.9 Å². The lowest BCUT2D eigenvalue weighted by Crippen LogP contribution is -2.39. The second kappa shape index (κ2) is 6.98. The number of aromatic amines is 1. The molecule has 3 aromatic rings. The molecule has 1 aliphatic heterocycles. The fraction of sp³-hybridized carbons (Fsp3) is 0.350. The lowest BCUT2D eigenvalue weighted by molar-refractivity contribution is 0.0684. The predicted molar refractivity (Wildman–Crippen MR) is 108 cm³/mol. The first-order valence-electron chi connectivity index (χ1n) is 9.26. The molecule has 8 heteroatoms. The summed E-state index contributed by atoms with van der Waals surface area (Å²) in [7, 11) is 1.70. The van der Waals surface area contributed by atoms with Gasteiger partial charge in [0.15, 0.2) is 0 Å². The van der Waals surface area contributed by atoms with Crippen molar-refractivity contribution in [2.45, 2.75) is 19.8 Å². The van der Waals surface area contributed by atoms with Crippen molar-refractivity contribution in [2.24, 2.45) is 13.0 Å². The lowest BCUT2D eigenvalue weighted by atomic mass is 10.00. The van der Waals surface area contributed by atoms with E-state index in [0.29, 0.717) is 35.3 Å². The van der Waals surface area contributed by atoms with Gasteiger partial charge in [-0.1, -0.05) is 18.5 Å². The van der Waals surface area contributed by atoms with Gasteiger partial charge in [0.05, 0.1) is 16.8 Å². The number of H-pyrrole nitrogens is 1. The predicted octanol–water partition coefficient (Wildman–Crippen LogP) is 2.54. The molecule has 0 aliphatic carbocycles. The highest BCUT2D eigenvalue weighted by Crippen LogP contribution is 2.22. The van der Waals surface area contributed by atoms with Gasteiger partial charge in [-0.15, -0.1) is 0 Å². The van der Waals surface area contributed by atoms with Crippen LogP contribution in [0.5, 0.6) is 0 Å². The van der Waals surface area contributed by atoms with Crippen molar-refractivity contribution in [1.29, 1.82) is 0 Å². The van der Waals surface area contributed by atoms with Crippen LogP contribution in [0.1, 0.15) is 30.1 Å². The molecule has 7 nitrogen and oxygen atoms in total. The minimum Gasteiger partial charge on any atom is -0.344 e. The number of piperidine rings is 1. The first kappa shape index (κ1) is 18.6. The van der Waals surface area contributed by atoms with Crippen molar-refractivity contribution in [3.63, 3.8) is 0 Å². The van der Waals surface area contributed by atoms with Crippen molar-refractivity contribution < 1.29 is 4.79 Å². The molecule has 0 spiro atoms. The van der Waals surface area contributed by atoms with Crippen molar-refractivity contribution in [2.75, 3.05) is 13.1 Å².